The van der Waals surface area contributed by atoms with E-state index in [9.17, 15) is 5.11 Å². The molecule has 66 valence electrons. The molecule has 12 heavy (non-hydrogen) atoms. The molecular weight excluding hydrogens is 152 g/mol. The van der Waals surface area contributed by atoms with Crippen LogP contribution in [0.15, 0.2) is 18.3 Å². The quantitative estimate of drug-likeness (QED) is 0.674. The molecule has 0 aliphatic rings. The molecule has 0 fully saturated rings. The summed E-state index contributed by atoms with van der Waals surface area (Å²) in [4.78, 5) is 4.09. The molecule has 0 bridgehead atoms. The molecule has 0 aliphatic heterocycles. The van der Waals surface area contributed by atoms with Crippen molar-refractivity contribution in [2.45, 2.75) is 19.4 Å². The first kappa shape index (κ1) is 9.16. The van der Waals surface area contributed by atoms with Gasteiger partial charge in [0.15, 0.2) is 0 Å². The normalized spacial score (nSPS) is 15.7. The van der Waals surface area contributed by atoms with Crippen molar-refractivity contribution in [3.8, 4) is 0 Å². The van der Waals surface area contributed by atoms with E-state index in [-0.39, 0.29) is 6.54 Å². The van der Waals surface area contributed by atoms with E-state index >= 15 is 0 Å². The van der Waals surface area contributed by atoms with E-state index in [4.69, 9.17) is 5.73 Å². The van der Waals surface area contributed by atoms with Gasteiger partial charge in [0, 0.05) is 12.7 Å². The first-order valence-corrected chi connectivity index (χ1v) is 3.92. The van der Waals surface area contributed by atoms with E-state index in [0.29, 0.717) is 5.69 Å². The maximum absolute atomic E-state index is 9.70. The van der Waals surface area contributed by atoms with Gasteiger partial charge in [0.1, 0.15) is 5.60 Å². The Morgan fingerprint density at radius 3 is 2.67 bits per heavy atom. The Morgan fingerprint density at radius 1 is 1.58 bits per heavy atom. The van der Waals surface area contributed by atoms with Crippen LogP contribution in [-0.2, 0) is 5.60 Å². The Bertz CT molecular complexity index is 254. The van der Waals surface area contributed by atoms with Gasteiger partial charge in [-0.15, -0.1) is 0 Å². The zero-order valence-corrected chi connectivity index (χ0v) is 7.41. The fourth-order valence-corrected chi connectivity index (χ4v) is 0.891. The minimum absolute atomic E-state index is 0.184. The highest BCUT2D eigenvalue weighted by Gasteiger charge is 2.21. The molecule has 1 heterocycles. The van der Waals surface area contributed by atoms with Crippen molar-refractivity contribution in [3.63, 3.8) is 0 Å². The summed E-state index contributed by atoms with van der Waals surface area (Å²) in [5, 5.41) is 9.70. The fourth-order valence-electron chi connectivity index (χ4n) is 0.891. The van der Waals surface area contributed by atoms with Crippen molar-refractivity contribution < 1.29 is 5.11 Å². The van der Waals surface area contributed by atoms with Gasteiger partial charge in [0.05, 0.1) is 5.69 Å². The van der Waals surface area contributed by atoms with Crippen molar-refractivity contribution in [1.82, 2.24) is 4.98 Å². The minimum atomic E-state index is -1.01. The van der Waals surface area contributed by atoms with Crippen LogP contribution in [-0.4, -0.2) is 16.6 Å². The number of rotatable bonds is 2. The zero-order valence-electron chi connectivity index (χ0n) is 7.41. The molecule has 1 rings (SSSR count). The number of aliphatic hydroxyl groups is 1. The summed E-state index contributed by atoms with van der Waals surface area (Å²) in [5.41, 5.74) is 6.08. The van der Waals surface area contributed by atoms with Crippen LogP contribution < -0.4 is 5.73 Å². The van der Waals surface area contributed by atoms with E-state index in [2.05, 4.69) is 4.98 Å². The number of aromatic nitrogens is 1. The number of pyridine rings is 1. The lowest BCUT2D eigenvalue weighted by atomic mass is 10.0. The summed E-state index contributed by atoms with van der Waals surface area (Å²) >= 11 is 0. The third kappa shape index (κ3) is 1.81. The molecule has 3 N–H and O–H groups in total. The minimum Gasteiger partial charge on any atom is -0.383 e. The summed E-state index contributed by atoms with van der Waals surface area (Å²) in [6.07, 6.45) is 1.72. The van der Waals surface area contributed by atoms with Crippen LogP contribution in [0.3, 0.4) is 0 Å². The maximum Gasteiger partial charge on any atom is 0.116 e. The van der Waals surface area contributed by atoms with Gasteiger partial charge in [-0.2, -0.15) is 0 Å². The summed E-state index contributed by atoms with van der Waals surface area (Å²) in [5.74, 6) is 0. The first-order chi connectivity index (χ1) is 5.56. The van der Waals surface area contributed by atoms with Crippen LogP contribution in [0.5, 0.6) is 0 Å². The second-order valence-corrected chi connectivity index (χ2v) is 3.20. The third-order valence-corrected chi connectivity index (χ3v) is 1.86. The zero-order chi connectivity index (χ0) is 9.19. The predicted octanol–water partition coefficient (Wildman–Crippen LogP) is 0.556. The van der Waals surface area contributed by atoms with Crippen molar-refractivity contribution in [3.05, 3.63) is 29.6 Å². The SMILES string of the molecule is Cc1ccc(C(C)(O)CN)nc1. The summed E-state index contributed by atoms with van der Waals surface area (Å²) in [7, 11) is 0. The first-order valence-electron chi connectivity index (χ1n) is 3.92. The van der Waals surface area contributed by atoms with Crippen molar-refractivity contribution >= 4 is 0 Å². The third-order valence-electron chi connectivity index (χ3n) is 1.86. The highest BCUT2D eigenvalue weighted by Crippen LogP contribution is 2.16. The molecule has 1 unspecified atom stereocenters. The summed E-state index contributed by atoms with van der Waals surface area (Å²) in [6, 6.07) is 3.70. The second-order valence-electron chi connectivity index (χ2n) is 3.20. The van der Waals surface area contributed by atoms with E-state index in [1.165, 1.54) is 0 Å². The van der Waals surface area contributed by atoms with Crippen molar-refractivity contribution in [2.24, 2.45) is 5.73 Å². The molecule has 0 saturated carbocycles. The van der Waals surface area contributed by atoms with Gasteiger partial charge in [0.25, 0.3) is 0 Å². The van der Waals surface area contributed by atoms with Gasteiger partial charge in [-0.05, 0) is 25.5 Å². The average molecular weight is 166 g/mol. The Hall–Kier alpha value is -0.930. The van der Waals surface area contributed by atoms with Gasteiger partial charge in [-0.1, -0.05) is 6.07 Å². The molecule has 0 aromatic carbocycles. The second kappa shape index (κ2) is 3.21. The van der Waals surface area contributed by atoms with Crippen LogP contribution in [0, 0.1) is 6.92 Å². The van der Waals surface area contributed by atoms with E-state index in [1.807, 2.05) is 13.0 Å². The van der Waals surface area contributed by atoms with Crippen LogP contribution in [0.4, 0.5) is 0 Å². The molecule has 0 amide bonds. The molecule has 0 radical (unpaired) electrons. The molecule has 3 heteroatoms. The Balaban J connectivity index is 2.96. The highest BCUT2D eigenvalue weighted by atomic mass is 16.3. The molecular formula is C9H14N2O. The van der Waals surface area contributed by atoms with Crippen LogP contribution in [0.2, 0.25) is 0 Å². The molecule has 0 spiro atoms. The summed E-state index contributed by atoms with van der Waals surface area (Å²) in [6.45, 7) is 3.79. The molecule has 0 saturated heterocycles. The molecule has 1 atom stereocenters. The Morgan fingerprint density at radius 2 is 2.25 bits per heavy atom. The number of nitrogens with two attached hydrogens (primary N) is 1. The maximum atomic E-state index is 9.70. The smallest absolute Gasteiger partial charge is 0.116 e. The lowest BCUT2D eigenvalue weighted by molar-refractivity contribution is 0.0622. The van der Waals surface area contributed by atoms with Crippen molar-refractivity contribution in [2.75, 3.05) is 6.54 Å². The monoisotopic (exact) mass is 166 g/mol. The number of hydrogen-bond acceptors (Lipinski definition) is 3. The van der Waals surface area contributed by atoms with Gasteiger partial charge in [-0.3, -0.25) is 4.98 Å². The predicted molar refractivity (Wildman–Crippen MR) is 47.6 cm³/mol. The summed E-state index contributed by atoms with van der Waals surface area (Å²) < 4.78 is 0. The largest absolute Gasteiger partial charge is 0.383 e. The Kier molecular flexibility index (Phi) is 2.45. The lowest BCUT2D eigenvalue weighted by Crippen LogP contribution is -2.32. The van der Waals surface area contributed by atoms with Crippen LogP contribution in [0.1, 0.15) is 18.2 Å². The standard InChI is InChI=1S/C9H14N2O/c1-7-3-4-8(11-5-7)9(2,12)6-10/h3-5,12H,6,10H2,1-2H3. The van der Waals surface area contributed by atoms with Gasteiger partial charge >= 0.3 is 0 Å². The Labute approximate surface area is 72.2 Å². The van der Waals surface area contributed by atoms with Crippen LogP contribution in [0.25, 0.3) is 0 Å². The topological polar surface area (TPSA) is 59.1 Å². The van der Waals surface area contributed by atoms with E-state index in [0.717, 1.165) is 5.56 Å². The average Bonchev–Trinajstić information content (AvgIpc) is 2.05. The lowest BCUT2D eigenvalue weighted by Gasteiger charge is -2.19. The van der Waals surface area contributed by atoms with Gasteiger partial charge in [-0.25, -0.2) is 0 Å². The van der Waals surface area contributed by atoms with Crippen molar-refractivity contribution in [1.29, 1.82) is 0 Å². The highest BCUT2D eigenvalue weighted by molar-refractivity contribution is 5.17. The molecule has 0 aliphatic carbocycles. The van der Waals surface area contributed by atoms with E-state index < -0.39 is 5.60 Å². The molecule has 1 aromatic heterocycles. The fraction of sp³-hybridized carbons (Fsp3) is 0.444. The van der Waals surface area contributed by atoms with Gasteiger partial charge < -0.3 is 10.8 Å². The van der Waals surface area contributed by atoms with E-state index in [1.54, 1.807) is 19.2 Å². The number of aryl methyl sites for hydroxylation is 1. The number of hydrogen-bond donors (Lipinski definition) is 2. The van der Waals surface area contributed by atoms with Crippen LogP contribution >= 0.6 is 0 Å². The van der Waals surface area contributed by atoms with Gasteiger partial charge in [0.2, 0.25) is 0 Å². The number of nitrogens with zero attached hydrogens (tertiary/aromatic N) is 1. The molecule has 1 aromatic rings. The molecule has 3 nitrogen and oxygen atoms in total.